The van der Waals surface area contributed by atoms with Crippen LogP contribution in [-0.4, -0.2) is 15.1 Å². The molecule has 0 aliphatic heterocycles. The number of hydrogen-bond donors (Lipinski definition) is 2. The fourth-order valence-corrected chi connectivity index (χ4v) is 2.96. The number of nitrogens with zero attached hydrogens (tertiary/aromatic N) is 1. The molecular weight excluding hydrogens is 244 g/mol. The molecule has 0 aliphatic rings. The van der Waals surface area contributed by atoms with Gasteiger partial charge in [0.15, 0.2) is 0 Å². The smallest absolute Gasteiger partial charge is 0.135 e. The summed E-state index contributed by atoms with van der Waals surface area (Å²) in [7, 11) is 0. The molecule has 0 radical (unpaired) electrons. The molecule has 2 N–H and O–H groups in total. The maximum Gasteiger partial charge on any atom is 0.135 e. The number of H-pyrrole nitrogens is 1. The number of nitrogens with one attached hydrogen (secondary N) is 1. The van der Waals surface area contributed by atoms with Gasteiger partial charge in [0.1, 0.15) is 11.9 Å². The first-order valence-corrected chi connectivity index (χ1v) is 6.75. The van der Waals surface area contributed by atoms with Crippen molar-refractivity contribution in [1.82, 2.24) is 9.97 Å². The molecule has 2 heterocycles. The minimum Gasteiger partial charge on any atom is -0.385 e. The average Bonchev–Trinajstić information content (AvgIpc) is 2.93. The van der Waals surface area contributed by atoms with E-state index in [9.17, 15) is 5.11 Å². The standard InChI is InChI=1S/C14H14N2OS/c1-8-5-6-18-13(8)10-3-4-11-12(7-10)16-14(15-11)9(2)17/h3-7,9,17H,1-2H3,(H,15,16)/t9-/m0/s1. The molecule has 3 nitrogen and oxygen atoms in total. The Morgan fingerprint density at radius 3 is 2.83 bits per heavy atom. The maximum absolute atomic E-state index is 9.53. The lowest BCUT2D eigenvalue weighted by Gasteiger charge is -1.99. The van der Waals surface area contributed by atoms with E-state index in [-0.39, 0.29) is 0 Å². The van der Waals surface area contributed by atoms with E-state index >= 15 is 0 Å². The number of fused-ring (bicyclic) bond motifs is 1. The SMILES string of the molecule is Cc1ccsc1-c1ccc2nc([C@H](C)O)[nH]c2c1. The van der Waals surface area contributed by atoms with Crippen molar-refractivity contribution in [3.63, 3.8) is 0 Å². The molecule has 0 bridgehead atoms. The summed E-state index contributed by atoms with van der Waals surface area (Å²) in [5.74, 6) is 0.616. The number of thiophene rings is 1. The molecule has 0 unspecified atom stereocenters. The van der Waals surface area contributed by atoms with Crippen molar-refractivity contribution >= 4 is 22.4 Å². The van der Waals surface area contributed by atoms with Crippen LogP contribution in [0.4, 0.5) is 0 Å². The second kappa shape index (κ2) is 4.23. The van der Waals surface area contributed by atoms with Crippen LogP contribution in [0.5, 0.6) is 0 Å². The first-order valence-electron chi connectivity index (χ1n) is 5.87. The number of imidazole rings is 1. The van der Waals surface area contributed by atoms with Crippen molar-refractivity contribution in [1.29, 1.82) is 0 Å². The Bertz CT molecular complexity index is 697. The Morgan fingerprint density at radius 1 is 1.33 bits per heavy atom. The number of aromatic amines is 1. The lowest BCUT2D eigenvalue weighted by molar-refractivity contribution is 0.190. The normalized spacial score (nSPS) is 13.1. The molecule has 0 saturated carbocycles. The van der Waals surface area contributed by atoms with Crippen LogP contribution in [-0.2, 0) is 0 Å². The second-order valence-electron chi connectivity index (χ2n) is 4.46. The van der Waals surface area contributed by atoms with Gasteiger partial charge in [-0.3, -0.25) is 0 Å². The summed E-state index contributed by atoms with van der Waals surface area (Å²) >= 11 is 1.74. The van der Waals surface area contributed by atoms with Gasteiger partial charge in [0.05, 0.1) is 11.0 Å². The average molecular weight is 258 g/mol. The summed E-state index contributed by atoms with van der Waals surface area (Å²) < 4.78 is 0. The summed E-state index contributed by atoms with van der Waals surface area (Å²) in [6, 6.07) is 8.28. The molecule has 0 amide bonds. The fourth-order valence-electron chi connectivity index (χ4n) is 2.04. The van der Waals surface area contributed by atoms with Gasteiger partial charge in [-0.05, 0) is 48.6 Å². The summed E-state index contributed by atoms with van der Waals surface area (Å²) in [6.45, 7) is 3.83. The zero-order valence-corrected chi connectivity index (χ0v) is 11.1. The highest BCUT2D eigenvalue weighted by molar-refractivity contribution is 7.13. The summed E-state index contributed by atoms with van der Waals surface area (Å²) in [6.07, 6.45) is -0.565. The van der Waals surface area contributed by atoms with Crippen molar-refractivity contribution in [2.24, 2.45) is 0 Å². The summed E-state index contributed by atoms with van der Waals surface area (Å²) in [5.41, 5.74) is 4.34. The highest BCUT2D eigenvalue weighted by atomic mass is 32.1. The zero-order chi connectivity index (χ0) is 12.7. The maximum atomic E-state index is 9.53. The van der Waals surface area contributed by atoms with Crippen molar-refractivity contribution in [3.8, 4) is 10.4 Å². The molecule has 1 aromatic carbocycles. The van der Waals surface area contributed by atoms with Crippen molar-refractivity contribution in [3.05, 3.63) is 41.0 Å². The van der Waals surface area contributed by atoms with E-state index in [2.05, 4.69) is 40.5 Å². The lowest BCUT2D eigenvalue weighted by atomic mass is 10.1. The summed E-state index contributed by atoms with van der Waals surface area (Å²) in [5, 5.41) is 11.6. The highest BCUT2D eigenvalue weighted by Crippen LogP contribution is 2.31. The number of aliphatic hydroxyl groups excluding tert-OH is 1. The first-order chi connectivity index (χ1) is 8.65. The predicted molar refractivity (Wildman–Crippen MR) is 74.8 cm³/mol. The van der Waals surface area contributed by atoms with Gasteiger partial charge in [0.2, 0.25) is 0 Å². The van der Waals surface area contributed by atoms with Gasteiger partial charge in [0, 0.05) is 4.88 Å². The van der Waals surface area contributed by atoms with E-state index in [0.29, 0.717) is 5.82 Å². The number of hydrogen-bond acceptors (Lipinski definition) is 3. The van der Waals surface area contributed by atoms with Crippen LogP contribution in [0.3, 0.4) is 0 Å². The number of benzene rings is 1. The van der Waals surface area contributed by atoms with E-state index in [1.54, 1.807) is 18.3 Å². The molecule has 0 spiro atoms. The van der Waals surface area contributed by atoms with Crippen LogP contribution in [0.25, 0.3) is 21.5 Å². The molecule has 0 aliphatic carbocycles. The van der Waals surface area contributed by atoms with Gasteiger partial charge in [-0.1, -0.05) is 6.07 Å². The third kappa shape index (κ3) is 1.83. The molecule has 0 saturated heterocycles. The number of aryl methyl sites for hydroxylation is 1. The third-order valence-corrected chi connectivity index (χ3v) is 4.09. The second-order valence-corrected chi connectivity index (χ2v) is 5.38. The molecule has 3 aromatic rings. The lowest BCUT2D eigenvalue weighted by Crippen LogP contribution is -1.92. The monoisotopic (exact) mass is 258 g/mol. The van der Waals surface area contributed by atoms with Gasteiger partial charge in [-0.25, -0.2) is 4.98 Å². The Labute approximate surface area is 109 Å². The molecule has 3 rings (SSSR count). The molecule has 92 valence electrons. The molecule has 4 heteroatoms. The molecule has 0 fully saturated rings. The van der Waals surface area contributed by atoms with Crippen LogP contribution >= 0.6 is 11.3 Å². The van der Waals surface area contributed by atoms with Gasteiger partial charge in [-0.2, -0.15) is 0 Å². The van der Waals surface area contributed by atoms with Crippen molar-refractivity contribution < 1.29 is 5.11 Å². The Kier molecular flexibility index (Phi) is 2.69. The fraction of sp³-hybridized carbons (Fsp3) is 0.214. The Hall–Kier alpha value is -1.65. The van der Waals surface area contributed by atoms with E-state index < -0.39 is 6.10 Å². The Morgan fingerprint density at radius 2 is 2.17 bits per heavy atom. The van der Waals surface area contributed by atoms with Crippen LogP contribution in [0.2, 0.25) is 0 Å². The minimum absolute atomic E-state index is 0.565. The van der Waals surface area contributed by atoms with E-state index in [4.69, 9.17) is 0 Å². The van der Waals surface area contributed by atoms with Crippen LogP contribution < -0.4 is 0 Å². The van der Waals surface area contributed by atoms with E-state index in [1.807, 2.05) is 6.07 Å². The molecular formula is C14H14N2OS. The molecule has 1 atom stereocenters. The minimum atomic E-state index is -0.565. The molecule has 2 aromatic heterocycles. The van der Waals surface area contributed by atoms with E-state index in [0.717, 1.165) is 11.0 Å². The van der Waals surface area contributed by atoms with Gasteiger partial charge in [-0.15, -0.1) is 11.3 Å². The van der Waals surface area contributed by atoms with E-state index in [1.165, 1.54) is 16.0 Å². The van der Waals surface area contributed by atoms with Gasteiger partial charge in [0.25, 0.3) is 0 Å². The first kappa shape index (κ1) is 11.4. The topological polar surface area (TPSA) is 48.9 Å². The quantitative estimate of drug-likeness (QED) is 0.737. The number of aliphatic hydroxyl groups is 1. The van der Waals surface area contributed by atoms with Crippen LogP contribution in [0.15, 0.2) is 29.6 Å². The highest BCUT2D eigenvalue weighted by Gasteiger charge is 2.09. The third-order valence-electron chi connectivity index (χ3n) is 3.02. The van der Waals surface area contributed by atoms with Gasteiger partial charge >= 0.3 is 0 Å². The largest absolute Gasteiger partial charge is 0.385 e. The van der Waals surface area contributed by atoms with Crippen LogP contribution in [0, 0.1) is 6.92 Å². The van der Waals surface area contributed by atoms with Crippen LogP contribution in [0.1, 0.15) is 24.4 Å². The van der Waals surface area contributed by atoms with Gasteiger partial charge < -0.3 is 10.1 Å². The number of aromatic nitrogens is 2. The predicted octanol–water partition coefficient (Wildman–Crippen LogP) is 3.65. The van der Waals surface area contributed by atoms with Crippen molar-refractivity contribution in [2.75, 3.05) is 0 Å². The van der Waals surface area contributed by atoms with Crippen molar-refractivity contribution in [2.45, 2.75) is 20.0 Å². The number of rotatable bonds is 2. The zero-order valence-electron chi connectivity index (χ0n) is 10.3. The molecule has 18 heavy (non-hydrogen) atoms. The Balaban J connectivity index is 2.14. The summed E-state index contributed by atoms with van der Waals surface area (Å²) in [4.78, 5) is 8.80.